The second kappa shape index (κ2) is 8.66. The van der Waals surface area contributed by atoms with Crippen LogP contribution in [0.3, 0.4) is 0 Å². The molecule has 5 nitrogen and oxygen atoms in total. The van der Waals surface area contributed by atoms with Gasteiger partial charge in [0.1, 0.15) is 0 Å². The van der Waals surface area contributed by atoms with Gasteiger partial charge in [-0.2, -0.15) is 0 Å². The summed E-state index contributed by atoms with van der Waals surface area (Å²) in [6.45, 7) is 9.46. The van der Waals surface area contributed by atoms with E-state index in [1.165, 1.54) is 5.69 Å². The summed E-state index contributed by atoms with van der Waals surface area (Å²) in [5, 5.41) is 0. The highest BCUT2D eigenvalue weighted by molar-refractivity contribution is 7.89. The molecule has 130 valence electrons. The summed E-state index contributed by atoms with van der Waals surface area (Å²) in [4.78, 5) is 4.82. The quantitative estimate of drug-likeness (QED) is 0.734. The number of anilines is 1. The van der Waals surface area contributed by atoms with Crippen molar-refractivity contribution >= 4 is 15.7 Å². The molecule has 23 heavy (non-hydrogen) atoms. The zero-order valence-electron chi connectivity index (χ0n) is 14.2. The van der Waals surface area contributed by atoms with E-state index in [0.29, 0.717) is 6.54 Å². The number of hydrogen-bond acceptors (Lipinski definition) is 4. The first-order chi connectivity index (χ1) is 11.0. The molecule has 0 aromatic heterocycles. The van der Waals surface area contributed by atoms with Crippen LogP contribution < -0.4 is 9.62 Å². The molecular formula is C17H29N3O2S. The summed E-state index contributed by atoms with van der Waals surface area (Å²) < 4.78 is 26.2. The number of piperazine rings is 1. The normalized spacial score (nSPS) is 16.9. The summed E-state index contributed by atoms with van der Waals surface area (Å²) in [5.41, 5.74) is 1.29. The lowest BCUT2D eigenvalue weighted by atomic mass is 10.2. The van der Waals surface area contributed by atoms with E-state index in [9.17, 15) is 8.42 Å². The Morgan fingerprint density at radius 1 is 1.09 bits per heavy atom. The van der Waals surface area contributed by atoms with Crippen LogP contribution in [-0.4, -0.2) is 58.3 Å². The molecule has 0 atom stereocenters. The summed E-state index contributed by atoms with van der Waals surface area (Å²) in [7, 11) is -3.11. The minimum Gasteiger partial charge on any atom is -0.369 e. The van der Waals surface area contributed by atoms with E-state index in [-0.39, 0.29) is 11.7 Å². The molecule has 0 amide bonds. The Balaban J connectivity index is 1.64. The highest BCUT2D eigenvalue weighted by Gasteiger charge is 2.17. The maximum atomic E-state index is 11.8. The molecule has 0 bridgehead atoms. The van der Waals surface area contributed by atoms with Crippen LogP contribution in [-0.2, 0) is 10.0 Å². The molecule has 0 spiro atoms. The number of nitrogens with zero attached hydrogens (tertiary/aromatic N) is 2. The molecule has 1 aliphatic rings. The fraction of sp³-hybridized carbons (Fsp3) is 0.647. The number of hydrogen-bond donors (Lipinski definition) is 1. The van der Waals surface area contributed by atoms with E-state index in [1.807, 2.05) is 19.9 Å². The number of sulfonamides is 1. The predicted octanol–water partition coefficient (Wildman–Crippen LogP) is 1.77. The lowest BCUT2D eigenvalue weighted by Gasteiger charge is -2.36. The molecule has 6 heteroatoms. The minimum absolute atomic E-state index is 0.165. The van der Waals surface area contributed by atoms with Crippen LogP contribution in [0.15, 0.2) is 30.3 Å². The summed E-state index contributed by atoms with van der Waals surface area (Å²) in [6.07, 6.45) is 0.864. The number of nitrogens with one attached hydrogen (secondary N) is 1. The Bertz CT molecular complexity index is 552. The third kappa shape index (κ3) is 6.49. The van der Waals surface area contributed by atoms with Crippen molar-refractivity contribution in [1.82, 2.24) is 9.62 Å². The molecule has 0 unspecified atom stereocenters. The smallest absolute Gasteiger partial charge is 0.211 e. The maximum absolute atomic E-state index is 11.8. The van der Waals surface area contributed by atoms with Gasteiger partial charge >= 0.3 is 0 Å². The van der Waals surface area contributed by atoms with Crippen molar-refractivity contribution in [3.05, 3.63) is 30.3 Å². The van der Waals surface area contributed by atoms with Crippen LogP contribution in [0.1, 0.15) is 20.3 Å². The third-order valence-corrected chi connectivity index (χ3v) is 5.77. The van der Waals surface area contributed by atoms with Crippen molar-refractivity contribution in [3.8, 4) is 0 Å². The number of rotatable bonds is 8. The number of para-hydroxylation sites is 1. The SMILES string of the molecule is CC(C)CS(=O)(=O)NCCCN1CCN(c2ccccc2)CC1. The molecule has 0 radical (unpaired) electrons. The standard InChI is InChI=1S/C17H29N3O2S/c1-16(2)15-23(21,22)18-9-6-10-19-11-13-20(14-12-19)17-7-4-3-5-8-17/h3-5,7-8,16,18H,6,9-15H2,1-2H3. The highest BCUT2D eigenvalue weighted by Crippen LogP contribution is 2.15. The molecule has 1 saturated heterocycles. The van der Waals surface area contributed by atoms with E-state index in [2.05, 4.69) is 38.8 Å². The molecular weight excluding hydrogens is 310 g/mol. The van der Waals surface area contributed by atoms with E-state index in [0.717, 1.165) is 39.1 Å². The van der Waals surface area contributed by atoms with Gasteiger partial charge in [0.2, 0.25) is 10.0 Å². The predicted molar refractivity (Wildman–Crippen MR) is 96.3 cm³/mol. The van der Waals surface area contributed by atoms with Crippen molar-refractivity contribution in [1.29, 1.82) is 0 Å². The monoisotopic (exact) mass is 339 g/mol. The van der Waals surface area contributed by atoms with Gasteiger partial charge in [0.15, 0.2) is 0 Å². The average Bonchev–Trinajstić information content (AvgIpc) is 2.52. The van der Waals surface area contributed by atoms with Gasteiger partial charge in [-0.05, 0) is 31.0 Å². The molecule has 0 aliphatic carbocycles. The van der Waals surface area contributed by atoms with Crippen LogP contribution >= 0.6 is 0 Å². The Morgan fingerprint density at radius 2 is 1.74 bits per heavy atom. The molecule has 1 N–H and O–H groups in total. The molecule has 1 aromatic rings. The van der Waals surface area contributed by atoms with Gasteiger partial charge in [-0.25, -0.2) is 13.1 Å². The molecule has 1 heterocycles. The summed E-state index contributed by atoms with van der Waals surface area (Å²) in [5.74, 6) is 0.376. The molecule has 1 aliphatic heterocycles. The van der Waals surface area contributed by atoms with Gasteiger partial charge in [0.25, 0.3) is 0 Å². The molecule has 2 rings (SSSR count). The van der Waals surface area contributed by atoms with Crippen molar-refractivity contribution < 1.29 is 8.42 Å². The van der Waals surface area contributed by atoms with Gasteiger partial charge in [0, 0.05) is 38.4 Å². The van der Waals surface area contributed by atoms with Crippen LogP contribution in [0.2, 0.25) is 0 Å². The Labute approximate surface area is 140 Å². The fourth-order valence-corrected chi connectivity index (χ4v) is 4.35. The molecule has 1 aromatic carbocycles. The van der Waals surface area contributed by atoms with Crippen molar-refractivity contribution in [3.63, 3.8) is 0 Å². The number of benzene rings is 1. The van der Waals surface area contributed by atoms with E-state index < -0.39 is 10.0 Å². The average molecular weight is 340 g/mol. The van der Waals surface area contributed by atoms with Gasteiger partial charge in [-0.1, -0.05) is 32.0 Å². The van der Waals surface area contributed by atoms with Crippen LogP contribution in [0.4, 0.5) is 5.69 Å². The van der Waals surface area contributed by atoms with E-state index >= 15 is 0 Å². The summed E-state index contributed by atoms with van der Waals surface area (Å²) >= 11 is 0. The first kappa shape index (κ1) is 18.2. The largest absolute Gasteiger partial charge is 0.369 e. The Hall–Kier alpha value is -1.11. The van der Waals surface area contributed by atoms with Gasteiger partial charge in [-0.3, -0.25) is 4.90 Å². The van der Waals surface area contributed by atoms with Crippen molar-refractivity contribution in [2.75, 3.05) is 49.9 Å². The van der Waals surface area contributed by atoms with Crippen molar-refractivity contribution in [2.24, 2.45) is 5.92 Å². The lowest BCUT2D eigenvalue weighted by Crippen LogP contribution is -2.47. The zero-order chi connectivity index (χ0) is 16.7. The lowest BCUT2D eigenvalue weighted by molar-refractivity contribution is 0.255. The Morgan fingerprint density at radius 3 is 2.35 bits per heavy atom. The zero-order valence-corrected chi connectivity index (χ0v) is 15.1. The topological polar surface area (TPSA) is 52.7 Å². The minimum atomic E-state index is -3.11. The second-order valence-electron chi connectivity index (χ2n) is 6.59. The Kier molecular flexibility index (Phi) is 6.87. The fourth-order valence-electron chi connectivity index (χ4n) is 2.90. The second-order valence-corrected chi connectivity index (χ2v) is 8.44. The first-order valence-electron chi connectivity index (χ1n) is 8.46. The van der Waals surface area contributed by atoms with Crippen LogP contribution in [0.5, 0.6) is 0 Å². The maximum Gasteiger partial charge on any atom is 0.211 e. The van der Waals surface area contributed by atoms with Gasteiger partial charge in [0.05, 0.1) is 5.75 Å². The van der Waals surface area contributed by atoms with Crippen LogP contribution in [0.25, 0.3) is 0 Å². The van der Waals surface area contributed by atoms with E-state index in [4.69, 9.17) is 0 Å². The molecule has 0 saturated carbocycles. The highest BCUT2D eigenvalue weighted by atomic mass is 32.2. The first-order valence-corrected chi connectivity index (χ1v) is 10.1. The van der Waals surface area contributed by atoms with Gasteiger partial charge in [-0.15, -0.1) is 0 Å². The summed E-state index contributed by atoms with van der Waals surface area (Å²) in [6, 6.07) is 10.5. The van der Waals surface area contributed by atoms with Gasteiger partial charge < -0.3 is 4.90 Å². The van der Waals surface area contributed by atoms with Crippen LogP contribution in [0, 0.1) is 5.92 Å². The van der Waals surface area contributed by atoms with Crippen molar-refractivity contribution in [2.45, 2.75) is 20.3 Å². The molecule has 1 fully saturated rings. The third-order valence-electron chi connectivity index (χ3n) is 4.02. The van der Waals surface area contributed by atoms with E-state index in [1.54, 1.807) is 0 Å².